The molecule has 1 aliphatic heterocycles. The van der Waals surface area contributed by atoms with E-state index in [0.717, 1.165) is 0 Å². The van der Waals surface area contributed by atoms with Crippen molar-refractivity contribution < 1.29 is 12.6 Å². The zero-order chi connectivity index (χ0) is 9.35. The molecule has 3 nitrogen and oxygen atoms in total. The Labute approximate surface area is 73.2 Å². The van der Waals surface area contributed by atoms with Crippen molar-refractivity contribution in [3.63, 3.8) is 0 Å². The van der Waals surface area contributed by atoms with Gasteiger partial charge in [-0.25, -0.2) is 0 Å². The summed E-state index contributed by atoms with van der Waals surface area (Å²) in [5, 5.41) is 0. The molecule has 12 heavy (non-hydrogen) atoms. The maximum atomic E-state index is 11.1. The van der Waals surface area contributed by atoms with E-state index in [9.17, 15) is 8.42 Å². The molecule has 0 saturated carbocycles. The van der Waals surface area contributed by atoms with E-state index in [2.05, 4.69) is 5.92 Å². The second kappa shape index (κ2) is 3.08. The monoisotopic (exact) mass is 188 g/mol. The molecule has 0 aromatic heterocycles. The normalized spacial score (nSPS) is 40.2. The van der Waals surface area contributed by atoms with E-state index in [1.54, 1.807) is 6.92 Å². The smallest absolute Gasteiger partial charge is 0.267 e. The van der Waals surface area contributed by atoms with Gasteiger partial charge in [-0.2, -0.15) is 8.42 Å². The van der Waals surface area contributed by atoms with E-state index in [4.69, 9.17) is 10.6 Å². The number of rotatable bonds is 0. The van der Waals surface area contributed by atoms with Crippen LogP contribution in [0.5, 0.6) is 0 Å². The summed E-state index contributed by atoms with van der Waals surface area (Å²) in [5.41, 5.74) is 0. The molecule has 1 aliphatic rings. The Morgan fingerprint density at radius 3 is 2.58 bits per heavy atom. The third-order valence-electron chi connectivity index (χ3n) is 2.27. The Hall–Kier alpha value is -0.530. The van der Waals surface area contributed by atoms with Crippen LogP contribution in [0.1, 0.15) is 13.8 Å². The van der Waals surface area contributed by atoms with Crippen LogP contribution in [0.4, 0.5) is 0 Å². The summed E-state index contributed by atoms with van der Waals surface area (Å²) in [5.74, 6) is 2.33. The molecule has 0 N–H and O–H groups in total. The molecule has 0 aromatic rings. The van der Waals surface area contributed by atoms with Crippen LogP contribution in [-0.2, 0) is 14.3 Å². The average molecular weight is 188 g/mol. The quantitative estimate of drug-likeness (QED) is 0.413. The molecule has 1 rings (SSSR count). The van der Waals surface area contributed by atoms with Gasteiger partial charge in [-0.15, -0.1) is 12.3 Å². The third kappa shape index (κ3) is 1.79. The van der Waals surface area contributed by atoms with Gasteiger partial charge in [-0.05, 0) is 12.8 Å². The highest BCUT2D eigenvalue weighted by molar-refractivity contribution is 7.86. The van der Waals surface area contributed by atoms with Gasteiger partial charge in [-0.3, -0.25) is 4.18 Å². The lowest BCUT2D eigenvalue weighted by Crippen LogP contribution is -2.38. The third-order valence-corrected chi connectivity index (χ3v) is 3.64. The summed E-state index contributed by atoms with van der Waals surface area (Å²) < 4.78 is 26.9. The molecule has 0 amide bonds. The molecular formula is C8H12O3S. The van der Waals surface area contributed by atoms with Crippen molar-refractivity contribution >= 4 is 10.1 Å². The zero-order valence-electron chi connectivity index (χ0n) is 7.15. The van der Waals surface area contributed by atoms with E-state index in [1.165, 1.54) is 0 Å². The minimum atomic E-state index is -3.37. The maximum absolute atomic E-state index is 11.1. The largest absolute Gasteiger partial charge is 0.268 e. The van der Waals surface area contributed by atoms with E-state index < -0.39 is 10.1 Å². The summed E-state index contributed by atoms with van der Waals surface area (Å²) >= 11 is 0. The van der Waals surface area contributed by atoms with Crippen molar-refractivity contribution in [2.75, 3.05) is 5.75 Å². The fraction of sp³-hybridized carbons (Fsp3) is 0.750. The van der Waals surface area contributed by atoms with Crippen LogP contribution >= 0.6 is 0 Å². The van der Waals surface area contributed by atoms with Crippen molar-refractivity contribution in [3.8, 4) is 12.3 Å². The first-order valence-electron chi connectivity index (χ1n) is 3.83. The first-order chi connectivity index (χ1) is 5.46. The van der Waals surface area contributed by atoms with E-state index in [1.807, 2.05) is 6.92 Å². The van der Waals surface area contributed by atoms with Crippen molar-refractivity contribution in [1.29, 1.82) is 0 Å². The summed E-state index contributed by atoms with van der Waals surface area (Å²) in [7, 11) is -3.37. The highest BCUT2D eigenvalue weighted by atomic mass is 32.2. The standard InChI is InChI=1S/C8H12O3S/c1-4-8-5-12(9,10)11-7(3)6(8)2/h1,6-8H,5H2,2-3H3. The molecule has 0 spiro atoms. The van der Waals surface area contributed by atoms with Gasteiger partial charge in [-0.1, -0.05) is 6.92 Å². The molecular weight excluding hydrogens is 176 g/mol. The van der Waals surface area contributed by atoms with Gasteiger partial charge in [0.25, 0.3) is 10.1 Å². The van der Waals surface area contributed by atoms with Gasteiger partial charge in [0.2, 0.25) is 0 Å². The van der Waals surface area contributed by atoms with Crippen LogP contribution in [0.3, 0.4) is 0 Å². The van der Waals surface area contributed by atoms with Gasteiger partial charge in [0.1, 0.15) is 0 Å². The molecule has 3 atom stereocenters. The lowest BCUT2D eigenvalue weighted by atomic mass is 9.92. The maximum Gasteiger partial charge on any atom is 0.268 e. The zero-order valence-corrected chi connectivity index (χ0v) is 7.97. The van der Waals surface area contributed by atoms with Crippen LogP contribution in [0.25, 0.3) is 0 Å². The number of hydrogen-bond acceptors (Lipinski definition) is 3. The van der Waals surface area contributed by atoms with Gasteiger partial charge in [0.05, 0.1) is 11.9 Å². The highest BCUT2D eigenvalue weighted by Crippen LogP contribution is 2.26. The topological polar surface area (TPSA) is 43.4 Å². The van der Waals surface area contributed by atoms with Crippen LogP contribution < -0.4 is 0 Å². The molecule has 0 bridgehead atoms. The summed E-state index contributed by atoms with van der Waals surface area (Å²) in [6.07, 6.45) is 4.91. The second-order valence-electron chi connectivity index (χ2n) is 3.16. The molecule has 68 valence electrons. The summed E-state index contributed by atoms with van der Waals surface area (Å²) in [4.78, 5) is 0. The van der Waals surface area contributed by atoms with Gasteiger partial charge in [0.15, 0.2) is 0 Å². The van der Waals surface area contributed by atoms with Gasteiger partial charge < -0.3 is 0 Å². The summed E-state index contributed by atoms with van der Waals surface area (Å²) in [6, 6.07) is 0. The Bertz CT molecular complexity index is 299. The Kier molecular flexibility index (Phi) is 2.45. The molecule has 0 aliphatic carbocycles. The molecule has 1 saturated heterocycles. The van der Waals surface area contributed by atoms with Crippen LogP contribution in [-0.4, -0.2) is 20.3 Å². The van der Waals surface area contributed by atoms with Gasteiger partial charge in [0, 0.05) is 5.92 Å². The SMILES string of the molecule is C#CC1CS(=O)(=O)OC(C)C1C. The molecule has 3 unspecified atom stereocenters. The molecule has 0 aromatic carbocycles. The molecule has 0 radical (unpaired) electrons. The molecule has 1 fully saturated rings. The Morgan fingerprint density at radius 2 is 2.08 bits per heavy atom. The van der Waals surface area contributed by atoms with Crippen molar-refractivity contribution in [2.24, 2.45) is 11.8 Å². The van der Waals surface area contributed by atoms with Crippen LogP contribution in [0.2, 0.25) is 0 Å². The number of hydrogen-bond donors (Lipinski definition) is 0. The molecule has 4 heteroatoms. The van der Waals surface area contributed by atoms with Crippen LogP contribution in [0, 0.1) is 24.2 Å². The summed E-state index contributed by atoms with van der Waals surface area (Å²) in [6.45, 7) is 3.63. The lowest BCUT2D eigenvalue weighted by molar-refractivity contribution is 0.128. The number of terminal acetylenes is 1. The lowest BCUT2D eigenvalue weighted by Gasteiger charge is -2.30. The first kappa shape index (κ1) is 9.56. The van der Waals surface area contributed by atoms with E-state index in [-0.39, 0.29) is 23.7 Å². The minimum absolute atomic E-state index is 0.0466. The van der Waals surface area contributed by atoms with Crippen molar-refractivity contribution in [1.82, 2.24) is 0 Å². The first-order valence-corrected chi connectivity index (χ1v) is 5.41. The Morgan fingerprint density at radius 1 is 1.50 bits per heavy atom. The fourth-order valence-corrected chi connectivity index (χ4v) is 2.81. The van der Waals surface area contributed by atoms with Gasteiger partial charge >= 0.3 is 0 Å². The van der Waals surface area contributed by atoms with Crippen LogP contribution in [0.15, 0.2) is 0 Å². The van der Waals surface area contributed by atoms with Crippen molar-refractivity contribution in [3.05, 3.63) is 0 Å². The Balaban J connectivity index is 2.88. The fourth-order valence-electron chi connectivity index (χ4n) is 1.26. The predicted octanol–water partition coefficient (Wildman–Crippen LogP) is 0.620. The molecule has 1 heterocycles. The van der Waals surface area contributed by atoms with E-state index >= 15 is 0 Å². The average Bonchev–Trinajstić information content (AvgIpc) is 1.96. The van der Waals surface area contributed by atoms with Crippen molar-refractivity contribution in [2.45, 2.75) is 20.0 Å². The van der Waals surface area contributed by atoms with E-state index in [0.29, 0.717) is 0 Å². The highest BCUT2D eigenvalue weighted by Gasteiger charge is 2.35. The minimum Gasteiger partial charge on any atom is -0.267 e. The second-order valence-corrected chi connectivity index (χ2v) is 4.80. The predicted molar refractivity (Wildman–Crippen MR) is 45.8 cm³/mol.